The van der Waals surface area contributed by atoms with Gasteiger partial charge in [-0.25, -0.2) is 4.90 Å². The second kappa shape index (κ2) is 15.3. The van der Waals surface area contributed by atoms with E-state index in [1.165, 1.54) is 6.07 Å². The number of hydrogen-bond donors (Lipinski definition) is 1. The smallest absolute Gasteiger partial charge is 0.508 e. The number of phenols is 1. The summed E-state index contributed by atoms with van der Waals surface area (Å²) in [5.41, 5.74) is 1.44. The lowest BCUT2D eigenvalue weighted by Gasteiger charge is -2.50. The number of anilines is 3. The third-order valence-electron chi connectivity index (χ3n) is 12.5. The summed E-state index contributed by atoms with van der Waals surface area (Å²) in [7, 11) is 3.86. The first-order valence-electron chi connectivity index (χ1n) is 19.8. The predicted octanol–water partition coefficient (Wildman–Crippen LogP) is 9.79. The van der Waals surface area contributed by atoms with Gasteiger partial charge in [-0.3, -0.25) is 24.1 Å². The van der Waals surface area contributed by atoms with Crippen LogP contribution in [0.4, 0.5) is 41.6 Å². The first-order chi connectivity index (χ1) is 29.7. The summed E-state index contributed by atoms with van der Waals surface area (Å²) in [5.74, 6) is -8.64. The number of azo groups is 1. The molecule has 1 saturated carbocycles. The number of benzene rings is 5. The minimum absolute atomic E-state index is 0.0438. The van der Waals surface area contributed by atoms with Crippen LogP contribution in [0.1, 0.15) is 29.9 Å². The molecule has 2 saturated heterocycles. The van der Waals surface area contributed by atoms with Crippen LogP contribution < -0.4 is 19.4 Å². The van der Waals surface area contributed by atoms with E-state index in [9.17, 15) is 32.7 Å². The van der Waals surface area contributed by atoms with Crippen molar-refractivity contribution in [3.8, 4) is 11.5 Å². The van der Waals surface area contributed by atoms with Crippen LogP contribution in [-0.2, 0) is 24.6 Å². The summed E-state index contributed by atoms with van der Waals surface area (Å²) in [6.45, 7) is 0. The zero-order chi connectivity index (χ0) is 43.7. The van der Waals surface area contributed by atoms with Crippen molar-refractivity contribution in [3.63, 3.8) is 0 Å². The zero-order valence-electron chi connectivity index (χ0n) is 33.2. The van der Waals surface area contributed by atoms with Crippen molar-refractivity contribution in [2.45, 2.75) is 30.5 Å². The van der Waals surface area contributed by atoms with Gasteiger partial charge in [-0.15, -0.1) is 13.2 Å². The van der Waals surface area contributed by atoms with Gasteiger partial charge in [0.25, 0.3) is 0 Å². The van der Waals surface area contributed by atoms with Crippen LogP contribution in [0.15, 0.2) is 143 Å². The van der Waals surface area contributed by atoms with Gasteiger partial charge in [0.05, 0.1) is 45.9 Å². The van der Waals surface area contributed by atoms with Gasteiger partial charge in [0, 0.05) is 36.3 Å². The number of amides is 4. The zero-order valence-corrected chi connectivity index (χ0v) is 33.9. The largest absolute Gasteiger partial charge is 0.573 e. The Bertz CT molecular complexity index is 2690. The highest BCUT2D eigenvalue weighted by molar-refractivity contribution is 6.32. The summed E-state index contributed by atoms with van der Waals surface area (Å²) in [4.78, 5) is 63.6. The molecule has 15 heteroatoms. The minimum Gasteiger partial charge on any atom is -0.508 e. The molecule has 4 aliphatic rings. The van der Waals surface area contributed by atoms with Crippen molar-refractivity contribution in [2.24, 2.45) is 33.9 Å². The Labute approximate surface area is 358 Å². The number of nitrogens with zero attached hydrogens (tertiary/aromatic N) is 5. The van der Waals surface area contributed by atoms with E-state index < -0.39 is 76.5 Å². The highest BCUT2D eigenvalue weighted by atomic mass is 35.5. The number of imide groups is 2. The summed E-state index contributed by atoms with van der Waals surface area (Å²) in [5, 5.41) is 20.5. The highest BCUT2D eigenvalue weighted by Crippen LogP contribution is 2.65. The molecule has 0 spiro atoms. The van der Waals surface area contributed by atoms with Crippen molar-refractivity contribution < 1.29 is 42.2 Å². The van der Waals surface area contributed by atoms with E-state index in [2.05, 4.69) is 15.0 Å². The van der Waals surface area contributed by atoms with Crippen LogP contribution in [0.5, 0.6) is 11.5 Å². The van der Waals surface area contributed by atoms with E-state index >= 15 is 4.79 Å². The molecule has 9 rings (SSSR count). The van der Waals surface area contributed by atoms with Gasteiger partial charge in [0.15, 0.2) is 0 Å². The number of rotatable bonds is 8. The van der Waals surface area contributed by atoms with Gasteiger partial charge < -0.3 is 14.7 Å². The number of carbonyl (C=O) groups excluding carboxylic acids is 4. The number of halogens is 4. The van der Waals surface area contributed by atoms with Crippen molar-refractivity contribution in [2.75, 3.05) is 28.8 Å². The maximum atomic E-state index is 15.4. The fraction of sp³-hybridized carbons (Fsp3) is 0.234. The number of fused-ring (bicyclic) bond motifs is 4. The molecule has 6 unspecified atom stereocenters. The average molecular weight is 860 g/mol. The van der Waals surface area contributed by atoms with Gasteiger partial charge in [-0.05, 0) is 109 Å². The molecule has 314 valence electrons. The second-order valence-corrected chi connectivity index (χ2v) is 16.4. The van der Waals surface area contributed by atoms with Crippen LogP contribution in [0, 0.1) is 23.7 Å². The van der Waals surface area contributed by atoms with Crippen molar-refractivity contribution in [1.82, 2.24) is 0 Å². The summed E-state index contributed by atoms with van der Waals surface area (Å²) < 4.78 is 45.4. The molecule has 3 fully saturated rings. The lowest BCUT2D eigenvalue weighted by atomic mass is 9.49. The molecule has 6 atom stereocenters. The molecule has 62 heavy (non-hydrogen) atoms. The molecule has 5 aromatic carbocycles. The fourth-order valence-electron chi connectivity index (χ4n) is 9.90. The average Bonchev–Trinajstić information content (AvgIpc) is 3.64. The van der Waals surface area contributed by atoms with Gasteiger partial charge in [0.2, 0.25) is 23.6 Å². The molecule has 1 N–H and O–H groups in total. The first-order valence-corrected chi connectivity index (χ1v) is 20.2. The number of phenolic OH excluding ortho intramolecular Hbond substituents is 1. The predicted molar refractivity (Wildman–Crippen MR) is 225 cm³/mol. The second-order valence-electron chi connectivity index (χ2n) is 16.0. The van der Waals surface area contributed by atoms with E-state index in [0.29, 0.717) is 28.2 Å². The summed E-state index contributed by atoms with van der Waals surface area (Å²) >= 11 is 6.37. The normalized spacial score (nSPS) is 24.5. The van der Waals surface area contributed by atoms with E-state index in [1.807, 2.05) is 43.3 Å². The van der Waals surface area contributed by atoms with Crippen LogP contribution >= 0.6 is 11.6 Å². The third-order valence-corrected chi connectivity index (χ3v) is 12.7. The Morgan fingerprint density at radius 2 is 1.44 bits per heavy atom. The van der Waals surface area contributed by atoms with Crippen molar-refractivity contribution >= 4 is 63.7 Å². The van der Waals surface area contributed by atoms with E-state index in [0.717, 1.165) is 33.7 Å². The summed E-state index contributed by atoms with van der Waals surface area (Å²) in [6, 6.07) is 31.6. The minimum atomic E-state index is -5.10. The maximum absolute atomic E-state index is 15.4. The monoisotopic (exact) mass is 859 g/mol. The van der Waals surface area contributed by atoms with Crippen LogP contribution in [0.2, 0.25) is 5.02 Å². The van der Waals surface area contributed by atoms with Crippen LogP contribution in [0.25, 0.3) is 0 Å². The topological polar surface area (TPSA) is 132 Å². The number of carbonyl (C=O) groups is 4. The maximum Gasteiger partial charge on any atom is 0.573 e. The van der Waals surface area contributed by atoms with E-state index in [4.69, 9.17) is 11.6 Å². The third kappa shape index (κ3) is 6.69. The molecule has 5 aromatic rings. The number of hydrogen-bond acceptors (Lipinski definition) is 9. The van der Waals surface area contributed by atoms with Crippen molar-refractivity contribution in [3.05, 3.63) is 149 Å². The van der Waals surface area contributed by atoms with E-state index in [1.54, 1.807) is 78.9 Å². The van der Waals surface area contributed by atoms with E-state index in [-0.39, 0.29) is 29.1 Å². The number of allylic oxidation sites excluding steroid dienone is 2. The number of aromatic hydroxyl groups is 1. The Morgan fingerprint density at radius 3 is 2.08 bits per heavy atom. The standard InChI is InChI=1S/C47H37ClF3N5O6/c1-54(2)30-15-11-28(12-16-30)52-53-29-13-17-31(18-14-29)55-42(58)35-21-20-34-36(40(35)44(55)60)25-38-43(59)56(32-10-6-9-27(48)23-32)45(61)46(38,26-7-4-3-5-8-26)41(34)37-24-33(19-22-39(37)57)62-47(49,50)51/h3-20,22-24,35-36,38,40-41,57H,21,25H2,1-2H3. The number of ether oxygens (including phenoxy) is 1. The Kier molecular flexibility index (Phi) is 10.0. The molecule has 0 bridgehead atoms. The molecule has 11 nitrogen and oxygen atoms in total. The molecule has 0 aromatic heterocycles. The highest BCUT2D eigenvalue weighted by Gasteiger charge is 2.70. The van der Waals surface area contributed by atoms with Gasteiger partial charge in [-0.2, -0.15) is 10.2 Å². The molecule has 0 radical (unpaired) electrons. The quantitative estimate of drug-likeness (QED) is 0.0934. The molecular formula is C47H37ClF3N5O6. The lowest BCUT2D eigenvalue weighted by Crippen LogP contribution is -2.53. The molecule has 4 amide bonds. The fourth-order valence-corrected chi connectivity index (χ4v) is 10.1. The van der Waals surface area contributed by atoms with Gasteiger partial charge >= 0.3 is 6.36 Å². The molecule has 2 heterocycles. The van der Waals surface area contributed by atoms with Gasteiger partial charge in [0.1, 0.15) is 11.5 Å². The molecular weight excluding hydrogens is 823 g/mol. The summed E-state index contributed by atoms with van der Waals surface area (Å²) in [6.07, 6.45) is -3.37. The molecule has 2 aliphatic heterocycles. The van der Waals surface area contributed by atoms with Gasteiger partial charge in [-0.1, -0.05) is 59.6 Å². The Balaban J connectivity index is 1.14. The van der Waals surface area contributed by atoms with Crippen LogP contribution in [-0.4, -0.2) is 49.2 Å². The first kappa shape index (κ1) is 40.6. The van der Waals surface area contributed by atoms with Crippen LogP contribution in [0.3, 0.4) is 0 Å². The van der Waals surface area contributed by atoms with Crippen molar-refractivity contribution in [1.29, 1.82) is 0 Å². The SMILES string of the molecule is CN(C)c1ccc(N=Nc2ccc(N3C(=O)C4CC=C5C(CC6C(=O)N(c7cccc(Cl)c7)C(=O)C6(c6ccccc6)C5c5cc(OC(F)(F)F)ccc5O)C4C3=O)cc2)cc1. The lowest BCUT2D eigenvalue weighted by molar-refractivity contribution is -0.274. The molecule has 2 aliphatic carbocycles. The number of alkyl halides is 3. The Morgan fingerprint density at radius 1 is 0.758 bits per heavy atom. The Hall–Kier alpha value is -6.80.